The largest absolute Gasteiger partial charge is 0.467 e. The Morgan fingerprint density at radius 3 is 2.79 bits per heavy atom. The molecule has 1 fully saturated rings. The number of rotatable bonds is 8. The van der Waals surface area contributed by atoms with Crippen molar-refractivity contribution in [3.63, 3.8) is 0 Å². The molecule has 0 N–H and O–H groups in total. The fraction of sp³-hybridized carbons (Fsp3) is 0.476. The number of nitrogens with zero attached hydrogens (tertiary/aromatic N) is 2. The normalized spacial score (nSPS) is 16.6. The Morgan fingerprint density at radius 2 is 2.11 bits per heavy atom. The van der Waals surface area contributed by atoms with Crippen molar-refractivity contribution in [1.82, 2.24) is 9.47 Å². The Hall–Kier alpha value is -2.83. The lowest BCUT2D eigenvalue weighted by Gasteiger charge is -2.14. The van der Waals surface area contributed by atoms with Crippen molar-refractivity contribution in [3.05, 3.63) is 47.2 Å². The average Bonchev–Trinajstić information content (AvgIpc) is 3.37. The second-order valence-electron chi connectivity index (χ2n) is 7.22. The highest BCUT2D eigenvalue weighted by molar-refractivity contribution is 5.99. The number of carbonyl (C=O) groups is 3. The maximum Gasteiger partial charge on any atom is 0.311 e. The first-order valence-corrected chi connectivity index (χ1v) is 9.57. The number of aromatic nitrogens is 1. The van der Waals surface area contributed by atoms with Crippen LogP contribution >= 0.6 is 0 Å². The van der Waals surface area contributed by atoms with Crippen LogP contribution in [0.15, 0.2) is 28.9 Å². The van der Waals surface area contributed by atoms with Gasteiger partial charge in [-0.3, -0.25) is 14.4 Å². The molecule has 3 heterocycles. The number of ketones is 1. The molecule has 0 saturated carbocycles. The third-order valence-electron chi connectivity index (χ3n) is 5.14. The van der Waals surface area contributed by atoms with Gasteiger partial charge in [0.1, 0.15) is 5.76 Å². The van der Waals surface area contributed by atoms with Gasteiger partial charge in [0, 0.05) is 36.5 Å². The summed E-state index contributed by atoms with van der Waals surface area (Å²) in [5.41, 5.74) is 2.49. The topological polar surface area (TPSA) is 81.8 Å². The molecule has 1 saturated heterocycles. The van der Waals surface area contributed by atoms with Gasteiger partial charge in [-0.05, 0) is 38.5 Å². The van der Waals surface area contributed by atoms with E-state index >= 15 is 0 Å². The van der Waals surface area contributed by atoms with Crippen LogP contribution in [-0.2, 0) is 27.4 Å². The molecule has 3 rings (SSSR count). The smallest absolute Gasteiger partial charge is 0.311 e. The molecule has 0 aromatic carbocycles. The van der Waals surface area contributed by atoms with Crippen molar-refractivity contribution < 1.29 is 23.5 Å². The van der Waals surface area contributed by atoms with E-state index in [1.54, 1.807) is 23.3 Å². The van der Waals surface area contributed by atoms with Crippen LogP contribution in [-0.4, -0.2) is 40.3 Å². The zero-order valence-corrected chi connectivity index (χ0v) is 16.6. The maximum atomic E-state index is 12.5. The van der Waals surface area contributed by atoms with E-state index in [1.165, 1.54) is 0 Å². The lowest BCUT2D eigenvalue weighted by atomic mass is 10.1. The zero-order valence-electron chi connectivity index (χ0n) is 16.6. The summed E-state index contributed by atoms with van der Waals surface area (Å²) < 4.78 is 12.6. The monoisotopic (exact) mass is 386 g/mol. The molecule has 2 aromatic heterocycles. The van der Waals surface area contributed by atoms with E-state index in [1.807, 2.05) is 19.9 Å². The van der Waals surface area contributed by atoms with E-state index in [4.69, 9.17) is 9.15 Å². The van der Waals surface area contributed by atoms with Gasteiger partial charge >= 0.3 is 5.97 Å². The molecule has 1 amide bonds. The summed E-state index contributed by atoms with van der Waals surface area (Å²) in [6, 6.07) is 5.38. The molecule has 28 heavy (non-hydrogen) atoms. The summed E-state index contributed by atoms with van der Waals surface area (Å²) in [4.78, 5) is 38.6. The molecular weight excluding hydrogens is 360 g/mol. The van der Waals surface area contributed by atoms with E-state index < -0.39 is 11.9 Å². The fourth-order valence-corrected chi connectivity index (χ4v) is 3.66. The standard InChI is InChI=1S/C21H26N2O5/c1-4-7-23-14(2)9-18(15(23)3)19(24)13-28-21(26)16-10-20(25)22(11-16)12-17-6-5-8-27-17/h5-6,8-9,16H,4,7,10-13H2,1-3H3/t16-/m1/s1. The van der Waals surface area contributed by atoms with Crippen LogP contribution in [0.1, 0.15) is 47.3 Å². The quantitative estimate of drug-likeness (QED) is 0.515. The molecular formula is C21H26N2O5. The highest BCUT2D eigenvalue weighted by atomic mass is 16.5. The predicted octanol–water partition coefficient (Wildman–Crippen LogP) is 2.88. The molecule has 1 aliphatic rings. The van der Waals surface area contributed by atoms with Gasteiger partial charge in [-0.15, -0.1) is 0 Å². The van der Waals surface area contributed by atoms with Gasteiger partial charge in [0.2, 0.25) is 11.7 Å². The summed E-state index contributed by atoms with van der Waals surface area (Å²) in [7, 11) is 0. The van der Waals surface area contributed by atoms with Crippen LogP contribution in [0, 0.1) is 19.8 Å². The summed E-state index contributed by atoms with van der Waals surface area (Å²) in [6.45, 7) is 7.09. The number of hydrogen-bond donors (Lipinski definition) is 0. The van der Waals surface area contributed by atoms with Crippen LogP contribution < -0.4 is 0 Å². The molecule has 0 aliphatic carbocycles. The first kappa shape index (κ1) is 19.9. The number of ether oxygens (including phenoxy) is 1. The van der Waals surface area contributed by atoms with Crippen LogP contribution in [0.25, 0.3) is 0 Å². The SMILES string of the molecule is CCCn1c(C)cc(C(=O)COC(=O)[C@@H]2CC(=O)N(Cc3ccco3)C2)c1C. The van der Waals surface area contributed by atoms with Crippen molar-refractivity contribution >= 4 is 17.7 Å². The highest BCUT2D eigenvalue weighted by Crippen LogP contribution is 2.22. The highest BCUT2D eigenvalue weighted by Gasteiger charge is 2.36. The predicted molar refractivity (Wildman–Crippen MR) is 102 cm³/mol. The molecule has 0 radical (unpaired) electrons. The second-order valence-corrected chi connectivity index (χ2v) is 7.22. The van der Waals surface area contributed by atoms with E-state index in [9.17, 15) is 14.4 Å². The molecule has 7 nitrogen and oxygen atoms in total. The third-order valence-corrected chi connectivity index (χ3v) is 5.14. The minimum atomic E-state index is -0.553. The lowest BCUT2D eigenvalue weighted by Crippen LogP contribution is -2.27. The number of furan rings is 1. The molecule has 150 valence electrons. The first-order valence-electron chi connectivity index (χ1n) is 9.57. The molecule has 0 bridgehead atoms. The third kappa shape index (κ3) is 4.18. The van der Waals surface area contributed by atoms with Crippen molar-refractivity contribution in [1.29, 1.82) is 0 Å². The number of aryl methyl sites for hydroxylation is 1. The van der Waals surface area contributed by atoms with Gasteiger partial charge in [-0.25, -0.2) is 0 Å². The number of likely N-dealkylation sites (tertiary alicyclic amines) is 1. The summed E-state index contributed by atoms with van der Waals surface area (Å²) >= 11 is 0. The van der Waals surface area contributed by atoms with E-state index in [0.29, 0.717) is 17.9 Å². The van der Waals surface area contributed by atoms with Gasteiger partial charge in [-0.2, -0.15) is 0 Å². The summed E-state index contributed by atoms with van der Waals surface area (Å²) in [6.07, 6.45) is 2.62. The van der Waals surface area contributed by atoms with Crippen LogP contribution in [0.3, 0.4) is 0 Å². The number of esters is 1. The number of Topliss-reactive ketones (excluding diaryl/α,β-unsaturated/α-hetero) is 1. The first-order chi connectivity index (χ1) is 13.4. The number of amides is 1. The van der Waals surface area contributed by atoms with Crippen molar-refractivity contribution in [2.24, 2.45) is 5.92 Å². The van der Waals surface area contributed by atoms with Gasteiger partial charge in [0.25, 0.3) is 0 Å². The van der Waals surface area contributed by atoms with Crippen LogP contribution in [0.4, 0.5) is 0 Å². The second kappa shape index (κ2) is 8.46. The molecule has 2 aromatic rings. The Labute approximate surface area is 164 Å². The van der Waals surface area contributed by atoms with Gasteiger partial charge in [0.05, 0.1) is 18.7 Å². The Kier molecular flexibility index (Phi) is 6.02. The van der Waals surface area contributed by atoms with Gasteiger partial charge in [-0.1, -0.05) is 6.92 Å². The summed E-state index contributed by atoms with van der Waals surface area (Å²) in [5.74, 6) is -0.734. The van der Waals surface area contributed by atoms with E-state index in [2.05, 4.69) is 11.5 Å². The van der Waals surface area contributed by atoms with Gasteiger partial charge < -0.3 is 18.6 Å². The number of hydrogen-bond acceptors (Lipinski definition) is 5. The fourth-order valence-electron chi connectivity index (χ4n) is 3.66. The average molecular weight is 386 g/mol. The van der Waals surface area contributed by atoms with Gasteiger partial charge in [0.15, 0.2) is 6.61 Å². The maximum absolute atomic E-state index is 12.5. The molecule has 0 unspecified atom stereocenters. The summed E-state index contributed by atoms with van der Waals surface area (Å²) in [5, 5.41) is 0. The molecule has 0 spiro atoms. The van der Waals surface area contributed by atoms with Crippen LogP contribution in [0.5, 0.6) is 0 Å². The lowest BCUT2D eigenvalue weighted by molar-refractivity contribution is -0.147. The zero-order chi connectivity index (χ0) is 20.3. The van der Waals surface area contributed by atoms with Crippen molar-refractivity contribution in [2.45, 2.75) is 46.7 Å². The Bertz CT molecular complexity index is 866. The van der Waals surface area contributed by atoms with Crippen molar-refractivity contribution in [3.8, 4) is 0 Å². The van der Waals surface area contributed by atoms with E-state index in [0.717, 1.165) is 24.4 Å². The number of carbonyl (C=O) groups excluding carboxylic acids is 3. The molecule has 1 atom stereocenters. The van der Waals surface area contributed by atoms with E-state index in [-0.39, 0.29) is 31.3 Å². The van der Waals surface area contributed by atoms with Crippen molar-refractivity contribution in [2.75, 3.05) is 13.2 Å². The van der Waals surface area contributed by atoms with Crippen LogP contribution in [0.2, 0.25) is 0 Å². The minimum Gasteiger partial charge on any atom is -0.467 e. The Balaban J connectivity index is 1.55. The molecule has 7 heteroatoms. The minimum absolute atomic E-state index is 0.0960. The Morgan fingerprint density at radius 1 is 1.32 bits per heavy atom. The molecule has 1 aliphatic heterocycles.